The number of methoxy groups -OCH3 is 1. The molecular formula is C35H41Cl2N3O6. The first-order valence-corrected chi connectivity index (χ1v) is 15.7. The Bertz CT molecular complexity index is 1500. The minimum atomic E-state index is -1.69. The zero-order valence-corrected chi connectivity index (χ0v) is 28.0. The summed E-state index contributed by atoms with van der Waals surface area (Å²) < 4.78 is 4.94. The highest BCUT2D eigenvalue weighted by atomic mass is 35.5. The van der Waals surface area contributed by atoms with E-state index >= 15 is 0 Å². The molecule has 3 aromatic rings. The maximum absolute atomic E-state index is 13.5. The van der Waals surface area contributed by atoms with Gasteiger partial charge in [-0.15, -0.1) is 0 Å². The predicted octanol–water partition coefficient (Wildman–Crippen LogP) is 7.80. The number of urea groups is 1. The van der Waals surface area contributed by atoms with Crippen LogP contribution in [0.3, 0.4) is 0 Å². The Morgan fingerprint density at radius 2 is 1.57 bits per heavy atom. The second-order valence-electron chi connectivity index (χ2n) is 11.8. The van der Waals surface area contributed by atoms with Gasteiger partial charge in [-0.2, -0.15) is 0 Å². The van der Waals surface area contributed by atoms with Crippen molar-refractivity contribution in [3.05, 3.63) is 99.5 Å². The highest BCUT2D eigenvalue weighted by molar-refractivity contribution is 6.35. The standard InChI is InChI=1S/C30H29Cl2N3O5.C5H12O/c31-23-14-24(32)16-25(15-23)34-30(40)35(26-12-10-21(11-13-26)20-4-2-1-3-5-20)18-19-6-8-22(9-7-19)28(37)33-17-27(36)29(38)39;1-5(2,3)6-4/h4,6-16,27,36H,1-3,5,17-18H2,(H,33,37)(H,34,40)(H,38,39);1-4H3. The van der Waals surface area contributed by atoms with Gasteiger partial charge in [-0.1, -0.05) is 53.5 Å². The minimum Gasteiger partial charge on any atom is -0.479 e. The van der Waals surface area contributed by atoms with E-state index in [-0.39, 0.29) is 17.7 Å². The van der Waals surface area contributed by atoms with Crippen LogP contribution in [0.25, 0.3) is 5.57 Å². The molecule has 246 valence electrons. The number of aliphatic carboxylic acids is 1. The number of nitrogens with zero attached hydrogens (tertiary/aromatic N) is 1. The van der Waals surface area contributed by atoms with Gasteiger partial charge >= 0.3 is 12.0 Å². The number of ether oxygens (including phenoxy) is 1. The molecule has 4 rings (SSSR count). The summed E-state index contributed by atoms with van der Waals surface area (Å²) in [5, 5.41) is 24.2. The number of hydrogen-bond donors (Lipinski definition) is 4. The van der Waals surface area contributed by atoms with Gasteiger partial charge in [0.1, 0.15) is 0 Å². The van der Waals surface area contributed by atoms with Crippen LogP contribution in [-0.4, -0.2) is 53.5 Å². The van der Waals surface area contributed by atoms with E-state index < -0.39 is 30.6 Å². The molecule has 46 heavy (non-hydrogen) atoms. The third-order valence-electron chi connectivity index (χ3n) is 7.11. The number of carbonyl (C=O) groups is 3. The zero-order chi connectivity index (χ0) is 33.9. The number of halogens is 2. The number of aliphatic hydroxyl groups excluding tert-OH is 1. The number of nitrogens with one attached hydrogen (secondary N) is 2. The Morgan fingerprint density at radius 3 is 2.09 bits per heavy atom. The highest BCUT2D eigenvalue weighted by Crippen LogP contribution is 2.29. The number of carboxylic acid groups (broad SMARTS) is 1. The summed E-state index contributed by atoms with van der Waals surface area (Å²) in [5.74, 6) is -1.94. The van der Waals surface area contributed by atoms with Crippen LogP contribution in [0.5, 0.6) is 0 Å². The van der Waals surface area contributed by atoms with Crippen molar-refractivity contribution >= 4 is 58.1 Å². The zero-order valence-electron chi connectivity index (χ0n) is 26.5. The van der Waals surface area contributed by atoms with Gasteiger partial charge in [0, 0.05) is 34.1 Å². The smallest absolute Gasteiger partial charge is 0.334 e. The van der Waals surface area contributed by atoms with E-state index in [1.54, 1.807) is 54.5 Å². The molecule has 0 heterocycles. The van der Waals surface area contributed by atoms with E-state index in [1.807, 2.05) is 45.0 Å². The van der Waals surface area contributed by atoms with Gasteiger partial charge in [-0.25, -0.2) is 9.59 Å². The number of anilines is 2. The monoisotopic (exact) mass is 669 g/mol. The third-order valence-corrected chi connectivity index (χ3v) is 7.55. The van der Waals surface area contributed by atoms with Crippen molar-refractivity contribution in [3.63, 3.8) is 0 Å². The lowest BCUT2D eigenvalue weighted by Gasteiger charge is -2.24. The second-order valence-corrected chi connectivity index (χ2v) is 12.6. The normalized spacial score (nSPS) is 13.4. The first-order chi connectivity index (χ1) is 21.8. The van der Waals surface area contributed by atoms with Crippen LogP contribution in [0.2, 0.25) is 10.0 Å². The van der Waals surface area contributed by atoms with E-state index in [9.17, 15) is 19.5 Å². The van der Waals surface area contributed by atoms with Crippen LogP contribution in [0.1, 0.15) is 67.9 Å². The molecule has 1 unspecified atom stereocenters. The molecule has 3 aromatic carbocycles. The highest BCUT2D eigenvalue weighted by Gasteiger charge is 2.19. The van der Waals surface area contributed by atoms with Gasteiger partial charge < -0.3 is 25.6 Å². The van der Waals surface area contributed by atoms with Crippen molar-refractivity contribution in [2.75, 3.05) is 23.9 Å². The summed E-state index contributed by atoms with van der Waals surface area (Å²) in [6.07, 6.45) is 5.06. The number of carboxylic acids is 1. The quantitative estimate of drug-likeness (QED) is 0.184. The fourth-order valence-corrected chi connectivity index (χ4v) is 4.90. The van der Waals surface area contributed by atoms with Crippen molar-refractivity contribution in [2.24, 2.45) is 0 Å². The fraction of sp³-hybridized carbons (Fsp3) is 0.343. The number of amides is 3. The summed E-state index contributed by atoms with van der Waals surface area (Å²) in [6.45, 7) is 5.85. The SMILES string of the molecule is COC(C)(C)C.O=C(NCC(O)C(=O)O)c1ccc(CN(C(=O)Nc2cc(Cl)cc(Cl)c2)c2ccc(C3=CCCCC3)cc2)cc1. The molecule has 0 saturated heterocycles. The van der Waals surface area contributed by atoms with Crippen molar-refractivity contribution in [3.8, 4) is 0 Å². The van der Waals surface area contributed by atoms with Crippen LogP contribution in [0.15, 0.2) is 72.8 Å². The van der Waals surface area contributed by atoms with Gasteiger partial charge in [-0.3, -0.25) is 9.69 Å². The van der Waals surface area contributed by atoms with Crippen LogP contribution in [0, 0.1) is 0 Å². The van der Waals surface area contributed by atoms with Crippen LogP contribution in [0.4, 0.5) is 16.2 Å². The van der Waals surface area contributed by atoms with Crippen molar-refractivity contribution < 1.29 is 29.3 Å². The molecule has 1 aliphatic rings. The molecule has 0 saturated carbocycles. The number of allylic oxidation sites excluding steroid dienone is 2. The largest absolute Gasteiger partial charge is 0.479 e. The Hall–Kier alpha value is -3.89. The van der Waals surface area contributed by atoms with Crippen LogP contribution in [-0.2, 0) is 16.1 Å². The third kappa shape index (κ3) is 11.8. The average molecular weight is 671 g/mol. The molecule has 1 aliphatic carbocycles. The molecule has 0 fully saturated rings. The molecule has 0 aromatic heterocycles. The van der Waals surface area contributed by atoms with E-state index in [0.29, 0.717) is 21.4 Å². The van der Waals surface area contributed by atoms with Gasteiger partial charge in [0.25, 0.3) is 5.91 Å². The molecule has 0 spiro atoms. The molecular weight excluding hydrogens is 629 g/mol. The number of aliphatic hydroxyl groups is 1. The van der Waals surface area contributed by atoms with Crippen molar-refractivity contribution in [1.82, 2.24) is 5.32 Å². The number of carbonyl (C=O) groups excluding carboxylic acids is 2. The summed E-state index contributed by atoms with van der Waals surface area (Å²) >= 11 is 12.2. The van der Waals surface area contributed by atoms with Gasteiger partial charge in [0.15, 0.2) is 6.10 Å². The molecule has 9 nitrogen and oxygen atoms in total. The minimum absolute atomic E-state index is 0.0417. The van der Waals surface area contributed by atoms with Crippen molar-refractivity contribution in [1.29, 1.82) is 0 Å². The lowest BCUT2D eigenvalue weighted by Crippen LogP contribution is -2.36. The number of hydrogen-bond acceptors (Lipinski definition) is 5. The molecule has 0 radical (unpaired) electrons. The fourth-order valence-electron chi connectivity index (χ4n) is 4.38. The molecule has 3 amide bonds. The lowest BCUT2D eigenvalue weighted by molar-refractivity contribution is -0.146. The molecule has 1 atom stereocenters. The predicted molar refractivity (Wildman–Crippen MR) is 184 cm³/mol. The van der Waals surface area contributed by atoms with Gasteiger partial charge in [0.05, 0.1) is 18.7 Å². The van der Waals surface area contributed by atoms with E-state index in [2.05, 4.69) is 16.7 Å². The van der Waals surface area contributed by atoms with E-state index in [4.69, 9.17) is 33.0 Å². The molecule has 4 N–H and O–H groups in total. The first kappa shape index (κ1) is 36.6. The van der Waals surface area contributed by atoms with Gasteiger partial charge in [0.2, 0.25) is 0 Å². The maximum atomic E-state index is 13.5. The Morgan fingerprint density at radius 1 is 0.957 bits per heavy atom. The first-order valence-electron chi connectivity index (χ1n) is 14.9. The summed E-state index contributed by atoms with van der Waals surface area (Å²) in [4.78, 5) is 38.2. The summed E-state index contributed by atoms with van der Waals surface area (Å²) in [6, 6.07) is 18.8. The summed E-state index contributed by atoms with van der Waals surface area (Å²) in [5.41, 5.74) is 4.65. The number of benzene rings is 3. The molecule has 0 aliphatic heterocycles. The topological polar surface area (TPSA) is 128 Å². The van der Waals surface area contributed by atoms with Crippen LogP contribution < -0.4 is 15.5 Å². The Labute approximate surface area is 280 Å². The van der Waals surface area contributed by atoms with E-state index in [1.165, 1.54) is 18.4 Å². The molecule has 11 heteroatoms. The van der Waals surface area contributed by atoms with Crippen molar-refractivity contribution in [2.45, 2.75) is 64.7 Å². The maximum Gasteiger partial charge on any atom is 0.334 e. The van der Waals surface area contributed by atoms with Crippen LogP contribution >= 0.6 is 23.2 Å². The molecule has 0 bridgehead atoms. The number of rotatable bonds is 9. The lowest BCUT2D eigenvalue weighted by atomic mass is 9.93. The average Bonchev–Trinajstić information content (AvgIpc) is 3.02. The van der Waals surface area contributed by atoms with Gasteiger partial charge in [-0.05, 0) is 106 Å². The van der Waals surface area contributed by atoms with E-state index in [0.717, 1.165) is 24.0 Å². The summed E-state index contributed by atoms with van der Waals surface area (Å²) in [7, 11) is 1.71. The second kappa shape index (κ2) is 17.1. The Balaban J connectivity index is 0.000000875. The Kier molecular flexibility index (Phi) is 13.6.